The van der Waals surface area contributed by atoms with Crippen LogP contribution in [0.3, 0.4) is 0 Å². The van der Waals surface area contributed by atoms with Crippen molar-refractivity contribution in [1.29, 1.82) is 0 Å². The lowest BCUT2D eigenvalue weighted by molar-refractivity contribution is -0.132. The third kappa shape index (κ3) is 5.11. The summed E-state index contributed by atoms with van der Waals surface area (Å²) < 4.78 is 0. The fourth-order valence-corrected chi connectivity index (χ4v) is 2.25. The van der Waals surface area contributed by atoms with E-state index in [1.165, 1.54) is 4.90 Å². The van der Waals surface area contributed by atoms with Crippen LogP contribution in [0.25, 0.3) is 0 Å². The minimum atomic E-state index is -0.280. The summed E-state index contributed by atoms with van der Waals surface area (Å²) in [6.07, 6.45) is 0.274. The normalized spacial score (nSPS) is 10.2. The summed E-state index contributed by atoms with van der Waals surface area (Å²) in [4.78, 5) is 25.6. The molecule has 2 aromatic carbocycles. The Morgan fingerprint density at radius 1 is 1.09 bits per heavy atom. The number of carbonyl (C=O) groups excluding carboxylic acids is 2. The summed E-state index contributed by atoms with van der Waals surface area (Å²) in [5, 5.41) is 3.17. The summed E-state index contributed by atoms with van der Waals surface area (Å²) in [7, 11) is 1.61. The minimum absolute atomic E-state index is 0.0179. The molecule has 1 N–H and O–H groups in total. The van der Waals surface area contributed by atoms with Gasteiger partial charge in [0.25, 0.3) is 0 Å². The lowest BCUT2D eigenvalue weighted by Crippen LogP contribution is -2.35. The molecule has 0 atom stereocenters. The van der Waals surface area contributed by atoms with Crippen LogP contribution in [0, 0.1) is 6.92 Å². The van der Waals surface area contributed by atoms with Gasteiger partial charge in [0.05, 0.1) is 23.7 Å². The third-order valence-corrected chi connectivity index (χ3v) is 3.76. The van der Waals surface area contributed by atoms with Gasteiger partial charge in [0.15, 0.2) is 0 Å². The molecular weight excluding hydrogens is 312 g/mol. The highest BCUT2D eigenvalue weighted by molar-refractivity contribution is 6.33. The number of hydrogen-bond donors (Lipinski definition) is 1. The van der Waals surface area contributed by atoms with Gasteiger partial charge in [0, 0.05) is 7.05 Å². The maximum atomic E-state index is 12.2. The standard InChI is InChI=1S/C18H19ClN2O2/c1-13-7-9-14(10-8-13)11-18(23)21(2)12-17(22)20-16-6-4-3-5-15(16)19/h3-10H,11-12H2,1-2H3,(H,20,22). The number of amides is 2. The van der Waals surface area contributed by atoms with Crippen LogP contribution < -0.4 is 5.32 Å². The van der Waals surface area contributed by atoms with Gasteiger partial charge in [-0.05, 0) is 24.6 Å². The molecule has 0 aliphatic rings. The summed E-state index contributed by atoms with van der Waals surface area (Å²) in [6, 6.07) is 14.8. The Bertz CT molecular complexity index is 698. The molecule has 0 aromatic heterocycles. The monoisotopic (exact) mass is 330 g/mol. The smallest absolute Gasteiger partial charge is 0.244 e. The van der Waals surface area contributed by atoms with E-state index in [1.807, 2.05) is 31.2 Å². The Balaban J connectivity index is 1.89. The zero-order valence-corrected chi connectivity index (χ0v) is 13.9. The number of halogens is 1. The lowest BCUT2D eigenvalue weighted by Gasteiger charge is -2.17. The van der Waals surface area contributed by atoms with E-state index in [0.29, 0.717) is 10.7 Å². The molecule has 5 heteroatoms. The van der Waals surface area contributed by atoms with Gasteiger partial charge < -0.3 is 10.2 Å². The van der Waals surface area contributed by atoms with E-state index in [0.717, 1.165) is 11.1 Å². The maximum absolute atomic E-state index is 12.2. The molecule has 23 heavy (non-hydrogen) atoms. The van der Waals surface area contributed by atoms with Crippen LogP contribution in [0.4, 0.5) is 5.69 Å². The Kier molecular flexibility index (Phi) is 5.77. The van der Waals surface area contributed by atoms with Crippen LogP contribution in [0.1, 0.15) is 11.1 Å². The van der Waals surface area contributed by atoms with Crippen molar-refractivity contribution in [2.45, 2.75) is 13.3 Å². The third-order valence-electron chi connectivity index (χ3n) is 3.43. The van der Waals surface area contributed by atoms with Crippen molar-refractivity contribution < 1.29 is 9.59 Å². The largest absolute Gasteiger partial charge is 0.336 e. The number of rotatable bonds is 5. The SMILES string of the molecule is Cc1ccc(CC(=O)N(C)CC(=O)Nc2ccccc2Cl)cc1. The first kappa shape index (κ1) is 17.0. The van der Waals surface area contributed by atoms with Crippen LogP contribution >= 0.6 is 11.6 Å². The molecule has 4 nitrogen and oxygen atoms in total. The summed E-state index contributed by atoms with van der Waals surface area (Å²) in [6.45, 7) is 1.98. The van der Waals surface area contributed by atoms with Crippen molar-refractivity contribution >= 4 is 29.1 Å². The molecule has 0 unspecified atom stereocenters. The molecule has 0 heterocycles. The first-order chi connectivity index (χ1) is 11.0. The van der Waals surface area contributed by atoms with Crippen LogP contribution in [0.5, 0.6) is 0 Å². The molecule has 2 rings (SSSR count). The van der Waals surface area contributed by atoms with E-state index in [1.54, 1.807) is 31.3 Å². The second kappa shape index (κ2) is 7.79. The van der Waals surface area contributed by atoms with Crippen molar-refractivity contribution in [1.82, 2.24) is 4.90 Å². The van der Waals surface area contributed by atoms with Gasteiger partial charge in [0.2, 0.25) is 11.8 Å². The molecule has 2 aromatic rings. The number of hydrogen-bond acceptors (Lipinski definition) is 2. The maximum Gasteiger partial charge on any atom is 0.244 e. The number of nitrogens with zero attached hydrogens (tertiary/aromatic N) is 1. The van der Waals surface area contributed by atoms with Gasteiger partial charge in [-0.25, -0.2) is 0 Å². The number of para-hydroxylation sites is 1. The first-order valence-electron chi connectivity index (χ1n) is 7.29. The van der Waals surface area contributed by atoms with Crippen molar-refractivity contribution in [2.24, 2.45) is 0 Å². The zero-order valence-electron chi connectivity index (χ0n) is 13.2. The predicted molar refractivity (Wildman–Crippen MR) is 92.6 cm³/mol. The van der Waals surface area contributed by atoms with Crippen LogP contribution in [0.2, 0.25) is 5.02 Å². The van der Waals surface area contributed by atoms with Gasteiger partial charge in [-0.2, -0.15) is 0 Å². The van der Waals surface area contributed by atoms with E-state index < -0.39 is 0 Å². The molecular formula is C18H19ClN2O2. The van der Waals surface area contributed by atoms with E-state index in [2.05, 4.69) is 5.32 Å². The van der Waals surface area contributed by atoms with Crippen molar-refractivity contribution in [3.05, 3.63) is 64.7 Å². The summed E-state index contributed by atoms with van der Waals surface area (Å²) in [5.41, 5.74) is 2.62. The number of likely N-dealkylation sites (N-methyl/N-ethyl adjacent to an activating group) is 1. The minimum Gasteiger partial charge on any atom is -0.336 e. The molecule has 0 spiro atoms. The second-order valence-corrected chi connectivity index (χ2v) is 5.85. The first-order valence-corrected chi connectivity index (χ1v) is 7.67. The number of anilines is 1. The molecule has 0 bridgehead atoms. The van der Waals surface area contributed by atoms with Gasteiger partial charge in [0.1, 0.15) is 0 Å². The molecule has 120 valence electrons. The number of nitrogens with one attached hydrogen (secondary N) is 1. The average molecular weight is 331 g/mol. The van der Waals surface area contributed by atoms with Gasteiger partial charge in [-0.15, -0.1) is 0 Å². The predicted octanol–water partition coefficient (Wildman–Crippen LogP) is 3.29. The van der Waals surface area contributed by atoms with Gasteiger partial charge in [-0.1, -0.05) is 53.6 Å². The number of benzene rings is 2. The van der Waals surface area contributed by atoms with E-state index in [9.17, 15) is 9.59 Å². The fourth-order valence-electron chi connectivity index (χ4n) is 2.07. The van der Waals surface area contributed by atoms with Crippen LogP contribution in [-0.2, 0) is 16.0 Å². The summed E-state index contributed by atoms with van der Waals surface area (Å²) >= 11 is 5.99. The van der Waals surface area contributed by atoms with Crippen LogP contribution in [-0.4, -0.2) is 30.3 Å². The highest BCUT2D eigenvalue weighted by Crippen LogP contribution is 2.20. The van der Waals surface area contributed by atoms with E-state index >= 15 is 0 Å². The fraction of sp³-hybridized carbons (Fsp3) is 0.222. The molecule has 2 amide bonds. The molecule has 0 radical (unpaired) electrons. The Morgan fingerprint density at radius 3 is 2.39 bits per heavy atom. The lowest BCUT2D eigenvalue weighted by atomic mass is 10.1. The Labute approximate surface area is 141 Å². The number of carbonyl (C=O) groups is 2. The molecule has 0 aliphatic heterocycles. The molecule has 0 saturated carbocycles. The van der Waals surface area contributed by atoms with Crippen LogP contribution in [0.15, 0.2) is 48.5 Å². The molecule has 0 fully saturated rings. The van der Waals surface area contributed by atoms with E-state index in [4.69, 9.17) is 11.6 Å². The quantitative estimate of drug-likeness (QED) is 0.914. The Hall–Kier alpha value is -2.33. The van der Waals surface area contributed by atoms with Crippen molar-refractivity contribution in [2.75, 3.05) is 18.9 Å². The average Bonchev–Trinajstić information content (AvgIpc) is 2.51. The van der Waals surface area contributed by atoms with Crippen molar-refractivity contribution in [3.8, 4) is 0 Å². The highest BCUT2D eigenvalue weighted by Gasteiger charge is 2.14. The molecule has 0 aliphatic carbocycles. The zero-order chi connectivity index (χ0) is 16.8. The second-order valence-electron chi connectivity index (χ2n) is 5.44. The summed E-state index contributed by atoms with van der Waals surface area (Å²) in [5.74, 6) is -0.388. The highest BCUT2D eigenvalue weighted by atomic mass is 35.5. The van der Waals surface area contributed by atoms with Gasteiger partial charge >= 0.3 is 0 Å². The Morgan fingerprint density at radius 2 is 1.74 bits per heavy atom. The molecule has 0 saturated heterocycles. The number of aryl methyl sites for hydroxylation is 1. The van der Waals surface area contributed by atoms with E-state index in [-0.39, 0.29) is 24.8 Å². The van der Waals surface area contributed by atoms with Crippen molar-refractivity contribution in [3.63, 3.8) is 0 Å². The van der Waals surface area contributed by atoms with Gasteiger partial charge in [-0.3, -0.25) is 9.59 Å². The topological polar surface area (TPSA) is 49.4 Å².